The van der Waals surface area contributed by atoms with E-state index in [1.54, 1.807) is 12.1 Å². The number of fused-ring (bicyclic) bond motifs is 1. The predicted octanol–water partition coefficient (Wildman–Crippen LogP) is -5.12. The average molecular weight is 427 g/mol. The van der Waals surface area contributed by atoms with Crippen molar-refractivity contribution in [1.82, 2.24) is 5.32 Å². The molecule has 28 heavy (non-hydrogen) atoms. The van der Waals surface area contributed by atoms with Crippen LogP contribution in [0.15, 0.2) is 47.5 Å². The fourth-order valence-electron chi connectivity index (χ4n) is 3.01. The Morgan fingerprint density at radius 1 is 1.14 bits per heavy atom. The second kappa shape index (κ2) is 11.1. The van der Waals surface area contributed by atoms with Crippen molar-refractivity contribution in [1.29, 1.82) is 0 Å². The standard InChI is InChI=1S/C20H23FN4O.2ClH/c21-16-7-5-13(6-8-16)14-3-4-15-11-19(25-18(15)10-14)20(26)24-12-17(23)2-1-9-22;;/h3-8,10,17H,1-2,9,11-12,22-23H2,(H,24,26);2*1H/t17-;;/m1../s1. The molecule has 2 aromatic rings. The van der Waals surface area contributed by atoms with Crippen LogP contribution in [0, 0.1) is 5.82 Å². The van der Waals surface area contributed by atoms with Crippen molar-refractivity contribution in [3.8, 4) is 11.1 Å². The maximum Gasteiger partial charge on any atom is 0.266 e. The summed E-state index contributed by atoms with van der Waals surface area (Å²) in [5, 5.41) is 2.93. The molecule has 0 unspecified atom stereocenters. The third-order valence-electron chi connectivity index (χ3n) is 4.55. The molecule has 0 aliphatic carbocycles. The lowest BCUT2D eigenvalue weighted by Gasteiger charge is -2.08. The Morgan fingerprint density at radius 3 is 2.50 bits per heavy atom. The van der Waals surface area contributed by atoms with Crippen LogP contribution < -0.4 is 41.6 Å². The fourth-order valence-corrected chi connectivity index (χ4v) is 3.01. The topological polar surface area (TPSA) is 96.7 Å². The zero-order valence-corrected chi connectivity index (χ0v) is 17.1. The van der Waals surface area contributed by atoms with Crippen LogP contribution in [0.2, 0.25) is 0 Å². The summed E-state index contributed by atoms with van der Waals surface area (Å²) in [6, 6.07) is 12.5. The molecule has 8 heteroatoms. The summed E-state index contributed by atoms with van der Waals surface area (Å²) in [6.07, 6.45) is 2.51. The van der Waals surface area contributed by atoms with Gasteiger partial charge in [-0.25, -0.2) is 9.38 Å². The molecular formula is C20H25Cl2FN4O. The molecule has 5 nitrogen and oxygen atoms in total. The minimum Gasteiger partial charge on any atom is -1.00 e. The molecule has 1 aliphatic heterocycles. The van der Waals surface area contributed by atoms with Crippen LogP contribution in [0.5, 0.6) is 0 Å². The zero-order chi connectivity index (χ0) is 18.5. The number of nitrogens with zero attached hydrogens (tertiary/aromatic N) is 1. The number of carbonyl (C=O) groups excluding carboxylic acids is 1. The number of aliphatic imine (C=N–C) groups is 1. The molecule has 2 aromatic carbocycles. The van der Waals surface area contributed by atoms with Gasteiger partial charge in [0.1, 0.15) is 17.6 Å². The van der Waals surface area contributed by atoms with Gasteiger partial charge in [0.05, 0.1) is 18.8 Å². The van der Waals surface area contributed by atoms with Gasteiger partial charge < -0.3 is 41.6 Å². The first-order chi connectivity index (χ1) is 12.6. The number of halogens is 3. The predicted molar refractivity (Wildman–Crippen MR) is 99.3 cm³/mol. The second-order valence-corrected chi connectivity index (χ2v) is 6.66. The summed E-state index contributed by atoms with van der Waals surface area (Å²) in [4.78, 5) is 16.9. The van der Waals surface area contributed by atoms with Gasteiger partial charge >= 0.3 is 0 Å². The van der Waals surface area contributed by atoms with E-state index in [1.807, 2.05) is 18.2 Å². The fraction of sp³-hybridized carbons (Fsp3) is 0.300. The Bertz CT molecular complexity index is 827. The quantitative estimate of drug-likeness (QED) is 0.405. The second-order valence-electron chi connectivity index (χ2n) is 6.66. The SMILES string of the molecule is [Cl-].[Cl-].[NH3+]CCC[C@@H]([NH3+])CNC(=O)C1=Nc2cc(-c3ccc(F)cc3)ccc2C1. The summed E-state index contributed by atoms with van der Waals surface area (Å²) in [5.41, 5.74) is 12.1. The maximum atomic E-state index is 13.1. The Labute approximate surface area is 176 Å². The molecule has 0 bridgehead atoms. The number of amides is 1. The van der Waals surface area contributed by atoms with Gasteiger partial charge in [0, 0.05) is 19.3 Å². The number of rotatable bonds is 7. The molecule has 0 saturated heterocycles. The largest absolute Gasteiger partial charge is 1.00 e. The molecule has 0 radical (unpaired) electrons. The normalized spacial score (nSPS) is 12.9. The number of hydrogen-bond donors (Lipinski definition) is 3. The number of quaternary nitrogens is 2. The molecule has 0 spiro atoms. The number of nitrogens with one attached hydrogen (secondary N) is 1. The molecule has 0 saturated carbocycles. The Balaban J connectivity index is 0.00000196. The summed E-state index contributed by atoms with van der Waals surface area (Å²) < 4.78 is 13.1. The van der Waals surface area contributed by atoms with Crippen molar-refractivity contribution in [2.75, 3.05) is 13.1 Å². The van der Waals surface area contributed by atoms with E-state index in [2.05, 4.69) is 21.8 Å². The lowest BCUT2D eigenvalue weighted by atomic mass is 10.0. The monoisotopic (exact) mass is 426 g/mol. The van der Waals surface area contributed by atoms with E-state index in [1.165, 1.54) is 12.1 Å². The molecule has 1 amide bonds. The molecule has 3 rings (SSSR count). The highest BCUT2D eigenvalue weighted by Crippen LogP contribution is 2.32. The number of benzene rings is 2. The van der Waals surface area contributed by atoms with Crippen molar-refractivity contribution in [3.63, 3.8) is 0 Å². The van der Waals surface area contributed by atoms with E-state index < -0.39 is 0 Å². The number of hydrogen-bond acceptors (Lipinski definition) is 2. The first kappa shape index (κ1) is 24.0. The van der Waals surface area contributed by atoms with Crippen molar-refractivity contribution in [2.24, 2.45) is 4.99 Å². The van der Waals surface area contributed by atoms with E-state index in [-0.39, 0.29) is 42.6 Å². The van der Waals surface area contributed by atoms with Crippen molar-refractivity contribution < 1.29 is 45.5 Å². The average Bonchev–Trinajstić information content (AvgIpc) is 3.08. The van der Waals surface area contributed by atoms with E-state index >= 15 is 0 Å². The maximum absolute atomic E-state index is 13.1. The van der Waals surface area contributed by atoms with E-state index in [9.17, 15) is 9.18 Å². The molecule has 0 fully saturated rings. The van der Waals surface area contributed by atoms with Gasteiger partial charge in [-0.1, -0.05) is 24.3 Å². The third kappa shape index (κ3) is 6.01. The van der Waals surface area contributed by atoms with Crippen LogP contribution in [0.4, 0.5) is 10.1 Å². The van der Waals surface area contributed by atoms with Crippen LogP contribution >= 0.6 is 0 Å². The summed E-state index contributed by atoms with van der Waals surface area (Å²) in [7, 11) is 0. The van der Waals surface area contributed by atoms with Gasteiger partial charge in [0.25, 0.3) is 5.91 Å². The van der Waals surface area contributed by atoms with Crippen LogP contribution in [0.3, 0.4) is 0 Å². The lowest BCUT2D eigenvalue weighted by molar-refractivity contribution is -0.423. The van der Waals surface area contributed by atoms with Crippen LogP contribution in [0.1, 0.15) is 18.4 Å². The van der Waals surface area contributed by atoms with Gasteiger partial charge in [-0.3, -0.25) is 4.79 Å². The van der Waals surface area contributed by atoms with Crippen molar-refractivity contribution in [2.45, 2.75) is 25.3 Å². The molecule has 0 aromatic heterocycles. The van der Waals surface area contributed by atoms with Gasteiger partial charge in [0.15, 0.2) is 0 Å². The molecule has 1 aliphatic rings. The highest BCUT2D eigenvalue weighted by Gasteiger charge is 2.21. The van der Waals surface area contributed by atoms with Gasteiger partial charge in [-0.05, 0) is 34.9 Å². The molecule has 1 atom stereocenters. The first-order valence-corrected chi connectivity index (χ1v) is 8.94. The third-order valence-corrected chi connectivity index (χ3v) is 4.55. The molecule has 152 valence electrons. The minimum absolute atomic E-state index is 0. The minimum atomic E-state index is -0.259. The first-order valence-electron chi connectivity index (χ1n) is 8.94. The number of carbonyl (C=O) groups is 1. The molecule has 7 N–H and O–H groups in total. The van der Waals surface area contributed by atoms with Gasteiger partial charge in [-0.2, -0.15) is 0 Å². The highest BCUT2D eigenvalue weighted by molar-refractivity contribution is 6.40. The van der Waals surface area contributed by atoms with E-state index in [4.69, 9.17) is 0 Å². The Morgan fingerprint density at radius 2 is 1.82 bits per heavy atom. The van der Waals surface area contributed by atoms with Crippen LogP contribution in [0.25, 0.3) is 11.1 Å². The molecular weight excluding hydrogens is 402 g/mol. The van der Waals surface area contributed by atoms with Gasteiger partial charge in [0.2, 0.25) is 0 Å². The van der Waals surface area contributed by atoms with E-state index in [0.29, 0.717) is 18.7 Å². The smallest absolute Gasteiger partial charge is 0.266 e. The van der Waals surface area contributed by atoms with Gasteiger partial charge in [-0.15, -0.1) is 0 Å². The highest BCUT2D eigenvalue weighted by atomic mass is 35.5. The summed E-state index contributed by atoms with van der Waals surface area (Å²) in [6.45, 7) is 1.44. The van der Waals surface area contributed by atoms with Crippen molar-refractivity contribution in [3.05, 3.63) is 53.8 Å². The zero-order valence-electron chi connectivity index (χ0n) is 15.6. The van der Waals surface area contributed by atoms with Crippen molar-refractivity contribution >= 4 is 17.3 Å². The Hall–Kier alpha value is -1.99. The van der Waals surface area contributed by atoms with E-state index in [0.717, 1.165) is 41.8 Å². The lowest BCUT2D eigenvalue weighted by Crippen LogP contribution is -3.00. The van der Waals surface area contributed by atoms with Crippen LogP contribution in [-0.4, -0.2) is 30.8 Å². The Kier molecular flexibility index (Phi) is 9.55. The summed E-state index contributed by atoms with van der Waals surface area (Å²) in [5.74, 6) is -0.390. The van der Waals surface area contributed by atoms with Crippen LogP contribution in [-0.2, 0) is 11.2 Å². The summed E-state index contributed by atoms with van der Waals surface area (Å²) >= 11 is 0. The molecule has 1 heterocycles.